The van der Waals surface area contributed by atoms with Crippen molar-refractivity contribution in [3.8, 4) is 0 Å². The van der Waals surface area contributed by atoms with Crippen molar-refractivity contribution in [3.05, 3.63) is 35.9 Å². The topological polar surface area (TPSA) is 42.0 Å². The van der Waals surface area contributed by atoms with Crippen LogP contribution in [0.15, 0.2) is 30.3 Å². The summed E-state index contributed by atoms with van der Waals surface area (Å²) >= 11 is 0. The summed E-state index contributed by atoms with van der Waals surface area (Å²) in [6.07, 6.45) is -0.297. The van der Waals surface area contributed by atoms with E-state index in [1.54, 1.807) is 14.1 Å². The van der Waals surface area contributed by atoms with Gasteiger partial charge < -0.3 is 14.4 Å². The van der Waals surface area contributed by atoms with E-state index in [-0.39, 0.29) is 11.7 Å². The van der Waals surface area contributed by atoms with Crippen LogP contribution in [0.2, 0.25) is 0 Å². The highest BCUT2D eigenvalue weighted by atomic mass is 16.6. The average molecular weight is 292 g/mol. The normalized spacial score (nSPS) is 22.8. The number of ether oxygens (including phenoxy) is 2. The second-order valence-corrected chi connectivity index (χ2v) is 5.73. The number of nitrogens with zero attached hydrogens (tertiary/aromatic N) is 2. The fraction of sp³-hybridized carbons (Fsp3) is 0.562. The summed E-state index contributed by atoms with van der Waals surface area (Å²) in [5.41, 5.74) is 0.880. The molecule has 1 aliphatic heterocycles. The number of carbonyl (C=O) groups excluding carboxylic acids is 1. The summed E-state index contributed by atoms with van der Waals surface area (Å²) < 4.78 is 11.2. The van der Waals surface area contributed by atoms with Gasteiger partial charge in [-0.1, -0.05) is 30.3 Å². The van der Waals surface area contributed by atoms with Gasteiger partial charge in [-0.25, -0.2) is 4.79 Å². The zero-order chi connectivity index (χ0) is 15.3. The predicted octanol–water partition coefficient (Wildman–Crippen LogP) is 1.93. The molecule has 1 heterocycles. The molecule has 0 spiro atoms. The Labute approximate surface area is 126 Å². The monoisotopic (exact) mass is 292 g/mol. The first-order valence-electron chi connectivity index (χ1n) is 7.27. The fourth-order valence-corrected chi connectivity index (χ4v) is 2.50. The molecule has 0 aromatic heterocycles. The molecule has 1 amide bonds. The van der Waals surface area contributed by atoms with Crippen molar-refractivity contribution in [2.45, 2.75) is 12.5 Å². The highest BCUT2D eigenvalue weighted by molar-refractivity contribution is 5.66. The van der Waals surface area contributed by atoms with E-state index < -0.39 is 0 Å². The smallest absolute Gasteiger partial charge is 0.409 e. The summed E-state index contributed by atoms with van der Waals surface area (Å²) in [6.45, 7) is 5.60. The zero-order valence-electron chi connectivity index (χ0n) is 13.0. The maximum Gasteiger partial charge on any atom is 0.409 e. The van der Waals surface area contributed by atoms with E-state index in [1.165, 1.54) is 10.5 Å². The molecule has 1 saturated heterocycles. The molecule has 1 atom stereocenters. The number of rotatable bonds is 4. The third kappa shape index (κ3) is 4.19. The van der Waals surface area contributed by atoms with Crippen LogP contribution in [-0.2, 0) is 15.1 Å². The van der Waals surface area contributed by atoms with Crippen LogP contribution in [0, 0.1) is 0 Å². The van der Waals surface area contributed by atoms with Gasteiger partial charge in [0.05, 0.1) is 6.61 Å². The van der Waals surface area contributed by atoms with Crippen molar-refractivity contribution in [2.24, 2.45) is 0 Å². The lowest BCUT2D eigenvalue weighted by Crippen LogP contribution is -2.49. The minimum absolute atomic E-state index is 0.297. The Balaban J connectivity index is 1.88. The van der Waals surface area contributed by atoms with Gasteiger partial charge in [-0.2, -0.15) is 0 Å². The minimum Gasteiger partial charge on any atom is -0.448 e. The Morgan fingerprint density at radius 2 is 2.10 bits per heavy atom. The van der Waals surface area contributed by atoms with Gasteiger partial charge in [0.1, 0.15) is 12.2 Å². The van der Waals surface area contributed by atoms with Crippen molar-refractivity contribution in [1.82, 2.24) is 9.80 Å². The van der Waals surface area contributed by atoms with E-state index in [0.29, 0.717) is 13.2 Å². The maximum absolute atomic E-state index is 11.4. The van der Waals surface area contributed by atoms with E-state index in [4.69, 9.17) is 9.47 Å². The van der Waals surface area contributed by atoms with Gasteiger partial charge in [0.15, 0.2) is 0 Å². The summed E-state index contributed by atoms with van der Waals surface area (Å²) in [5.74, 6) is 0. The van der Waals surface area contributed by atoms with Crippen LogP contribution in [0.4, 0.5) is 4.79 Å². The van der Waals surface area contributed by atoms with Crippen molar-refractivity contribution in [1.29, 1.82) is 0 Å². The lowest BCUT2D eigenvalue weighted by molar-refractivity contribution is -0.105. The summed E-state index contributed by atoms with van der Waals surface area (Å²) in [4.78, 5) is 15.1. The molecule has 5 nitrogen and oxygen atoms in total. The van der Waals surface area contributed by atoms with Gasteiger partial charge in [0, 0.05) is 33.7 Å². The van der Waals surface area contributed by atoms with Crippen LogP contribution >= 0.6 is 0 Å². The van der Waals surface area contributed by atoms with E-state index in [9.17, 15) is 4.79 Å². The highest BCUT2D eigenvalue weighted by Crippen LogP contribution is 2.28. The first-order valence-corrected chi connectivity index (χ1v) is 7.27. The summed E-state index contributed by atoms with van der Waals surface area (Å²) in [6, 6.07) is 10.3. The average Bonchev–Trinajstić information content (AvgIpc) is 2.48. The maximum atomic E-state index is 11.4. The zero-order valence-corrected chi connectivity index (χ0v) is 13.0. The van der Waals surface area contributed by atoms with Gasteiger partial charge in [0.25, 0.3) is 0 Å². The number of amides is 1. The van der Waals surface area contributed by atoms with Crippen LogP contribution in [0.3, 0.4) is 0 Å². The van der Waals surface area contributed by atoms with E-state index >= 15 is 0 Å². The molecular weight excluding hydrogens is 268 g/mol. The lowest BCUT2D eigenvalue weighted by atomic mass is 9.94. The third-order valence-corrected chi connectivity index (χ3v) is 3.74. The van der Waals surface area contributed by atoms with Gasteiger partial charge in [-0.15, -0.1) is 0 Å². The van der Waals surface area contributed by atoms with Crippen LogP contribution in [0.25, 0.3) is 0 Å². The molecule has 0 N–H and O–H groups in total. The second kappa shape index (κ2) is 6.91. The fourth-order valence-electron chi connectivity index (χ4n) is 2.50. The van der Waals surface area contributed by atoms with Crippen LogP contribution < -0.4 is 0 Å². The predicted molar refractivity (Wildman–Crippen MR) is 81.2 cm³/mol. The molecule has 21 heavy (non-hydrogen) atoms. The Morgan fingerprint density at radius 1 is 1.38 bits per heavy atom. The van der Waals surface area contributed by atoms with Gasteiger partial charge in [-0.3, -0.25) is 4.90 Å². The molecule has 1 aromatic carbocycles. The molecule has 0 bridgehead atoms. The summed E-state index contributed by atoms with van der Waals surface area (Å²) in [5, 5.41) is 0. The quantitative estimate of drug-likeness (QED) is 0.850. The first-order chi connectivity index (χ1) is 10.0. The Morgan fingerprint density at radius 3 is 2.76 bits per heavy atom. The lowest BCUT2D eigenvalue weighted by Gasteiger charge is -2.40. The van der Waals surface area contributed by atoms with Crippen molar-refractivity contribution < 1.29 is 14.3 Å². The molecular formula is C16H24N2O3. The molecule has 0 radical (unpaired) electrons. The molecule has 0 saturated carbocycles. The Kier molecular flexibility index (Phi) is 5.20. The molecule has 2 rings (SSSR count). The Hall–Kier alpha value is -1.59. The van der Waals surface area contributed by atoms with Crippen molar-refractivity contribution >= 4 is 6.09 Å². The van der Waals surface area contributed by atoms with Crippen LogP contribution in [0.1, 0.15) is 12.5 Å². The molecule has 1 fully saturated rings. The van der Waals surface area contributed by atoms with Gasteiger partial charge in [0.2, 0.25) is 0 Å². The SMILES string of the molecule is CN(C)C(=O)OCCN1CCO[C@](C)(c2ccccc2)C1. The van der Waals surface area contributed by atoms with E-state index in [0.717, 1.165) is 19.6 Å². The second-order valence-electron chi connectivity index (χ2n) is 5.73. The van der Waals surface area contributed by atoms with Crippen LogP contribution in [-0.4, -0.2) is 62.8 Å². The molecule has 1 aromatic rings. The first kappa shape index (κ1) is 15.8. The number of morpholine rings is 1. The largest absolute Gasteiger partial charge is 0.448 e. The molecule has 1 aliphatic rings. The van der Waals surface area contributed by atoms with Gasteiger partial charge >= 0.3 is 6.09 Å². The van der Waals surface area contributed by atoms with Crippen LogP contribution in [0.5, 0.6) is 0 Å². The number of hydrogen-bond acceptors (Lipinski definition) is 4. The molecule has 116 valence electrons. The van der Waals surface area contributed by atoms with E-state index in [1.807, 2.05) is 18.2 Å². The molecule has 5 heteroatoms. The minimum atomic E-state index is -0.301. The molecule has 0 aliphatic carbocycles. The Bertz CT molecular complexity index is 464. The summed E-state index contributed by atoms with van der Waals surface area (Å²) in [7, 11) is 3.37. The number of benzene rings is 1. The van der Waals surface area contributed by atoms with Crippen molar-refractivity contribution in [3.63, 3.8) is 0 Å². The number of hydrogen-bond donors (Lipinski definition) is 0. The third-order valence-electron chi connectivity index (χ3n) is 3.74. The standard InChI is InChI=1S/C16H24N2O3/c1-16(14-7-5-4-6-8-14)13-18(10-12-21-16)9-11-20-15(19)17(2)3/h4-8H,9-13H2,1-3H3/t16-/m0/s1. The van der Waals surface area contributed by atoms with E-state index in [2.05, 4.69) is 24.0 Å². The molecule has 0 unspecified atom stereocenters. The van der Waals surface area contributed by atoms with Gasteiger partial charge in [-0.05, 0) is 12.5 Å². The highest BCUT2D eigenvalue weighted by Gasteiger charge is 2.33. The van der Waals surface area contributed by atoms with Crippen molar-refractivity contribution in [2.75, 3.05) is 46.9 Å². The number of carbonyl (C=O) groups is 1.